The molecule has 1 aromatic heterocycles. The van der Waals surface area contributed by atoms with Crippen molar-refractivity contribution in [3.05, 3.63) is 47.2 Å². The van der Waals surface area contributed by atoms with Gasteiger partial charge in [0.1, 0.15) is 10.6 Å². The first-order chi connectivity index (χ1) is 8.91. The topological polar surface area (TPSA) is 70.5 Å². The summed E-state index contributed by atoms with van der Waals surface area (Å²) in [7, 11) is -2.28. The normalized spacial score (nSPS) is 11.3. The van der Waals surface area contributed by atoms with E-state index < -0.39 is 10.0 Å². The van der Waals surface area contributed by atoms with Gasteiger partial charge in [-0.05, 0) is 34.1 Å². The highest BCUT2D eigenvalue weighted by molar-refractivity contribution is 9.10. The number of anilines is 1. The van der Waals surface area contributed by atoms with E-state index in [-0.39, 0.29) is 10.6 Å². The molecular weight excluding hydrogens is 332 g/mol. The Bertz CT molecular complexity index is 704. The summed E-state index contributed by atoms with van der Waals surface area (Å²) in [6.45, 7) is 0. The molecule has 0 atom stereocenters. The standard InChI is InChI=1S/C12H11BrN2O3S/c1-15(10-3-2-4-11(16)6-10)19(17,18)12-5-9(13)7-14-8-12/h2-8,16H,1H3. The third-order valence-electron chi connectivity index (χ3n) is 2.53. The molecule has 1 aromatic carbocycles. The molecule has 100 valence electrons. The number of benzene rings is 1. The molecule has 5 nitrogen and oxygen atoms in total. The minimum atomic E-state index is -3.70. The van der Waals surface area contributed by atoms with Gasteiger partial charge in [0, 0.05) is 30.0 Å². The van der Waals surface area contributed by atoms with Gasteiger partial charge in [-0.3, -0.25) is 9.29 Å². The molecule has 0 unspecified atom stereocenters. The highest BCUT2D eigenvalue weighted by Crippen LogP contribution is 2.25. The van der Waals surface area contributed by atoms with Crippen LogP contribution in [0, 0.1) is 0 Å². The van der Waals surface area contributed by atoms with Crippen LogP contribution in [0.15, 0.2) is 52.1 Å². The van der Waals surface area contributed by atoms with Crippen molar-refractivity contribution in [2.75, 3.05) is 11.4 Å². The fraction of sp³-hybridized carbons (Fsp3) is 0.0833. The number of nitrogens with zero attached hydrogens (tertiary/aromatic N) is 2. The largest absolute Gasteiger partial charge is 0.508 e. The van der Waals surface area contributed by atoms with E-state index in [9.17, 15) is 13.5 Å². The molecule has 0 saturated heterocycles. The smallest absolute Gasteiger partial charge is 0.265 e. The highest BCUT2D eigenvalue weighted by atomic mass is 79.9. The van der Waals surface area contributed by atoms with Crippen LogP contribution < -0.4 is 4.31 Å². The second-order valence-electron chi connectivity index (χ2n) is 3.83. The van der Waals surface area contributed by atoms with Crippen molar-refractivity contribution in [1.29, 1.82) is 0 Å². The van der Waals surface area contributed by atoms with Gasteiger partial charge in [-0.15, -0.1) is 0 Å². The molecule has 2 aromatic rings. The average molecular weight is 343 g/mol. The maximum Gasteiger partial charge on any atom is 0.265 e. The Morgan fingerprint density at radius 2 is 2.00 bits per heavy atom. The van der Waals surface area contributed by atoms with Gasteiger partial charge in [-0.2, -0.15) is 0 Å². The zero-order chi connectivity index (χ0) is 14.0. The van der Waals surface area contributed by atoms with E-state index in [1.165, 1.54) is 37.6 Å². The van der Waals surface area contributed by atoms with Gasteiger partial charge in [0.2, 0.25) is 0 Å². The summed E-state index contributed by atoms with van der Waals surface area (Å²) in [6.07, 6.45) is 2.78. The van der Waals surface area contributed by atoms with E-state index in [0.717, 1.165) is 4.31 Å². The van der Waals surface area contributed by atoms with Gasteiger partial charge in [0.15, 0.2) is 0 Å². The monoisotopic (exact) mass is 342 g/mol. The molecular formula is C12H11BrN2O3S. The molecule has 0 aliphatic heterocycles. The number of phenolic OH excluding ortho intramolecular Hbond substituents is 1. The Morgan fingerprint density at radius 3 is 2.63 bits per heavy atom. The highest BCUT2D eigenvalue weighted by Gasteiger charge is 2.22. The summed E-state index contributed by atoms with van der Waals surface area (Å²) in [4.78, 5) is 3.92. The predicted molar refractivity (Wildman–Crippen MR) is 75.6 cm³/mol. The number of hydrogen-bond acceptors (Lipinski definition) is 4. The van der Waals surface area contributed by atoms with Crippen molar-refractivity contribution < 1.29 is 13.5 Å². The van der Waals surface area contributed by atoms with Crippen LogP contribution in [0.1, 0.15) is 0 Å². The van der Waals surface area contributed by atoms with Crippen molar-refractivity contribution in [3.8, 4) is 5.75 Å². The first kappa shape index (κ1) is 13.8. The van der Waals surface area contributed by atoms with E-state index in [1.54, 1.807) is 12.1 Å². The minimum Gasteiger partial charge on any atom is -0.508 e. The minimum absolute atomic E-state index is 0.00640. The van der Waals surface area contributed by atoms with Gasteiger partial charge < -0.3 is 5.11 Å². The number of halogens is 1. The number of hydrogen-bond donors (Lipinski definition) is 1. The summed E-state index contributed by atoms with van der Waals surface area (Å²) in [6, 6.07) is 7.51. The number of pyridine rings is 1. The number of aromatic hydroxyl groups is 1. The second-order valence-corrected chi connectivity index (χ2v) is 6.72. The van der Waals surface area contributed by atoms with Crippen LogP contribution >= 0.6 is 15.9 Å². The lowest BCUT2D eigenvalue weighted by molar-refractivity contribution is 0.475. The van der Waals surface area contributed by atoms with Crippen molar-refractivity contribution >= 4 is 31.6 Å². The molecule has 0 spiro atoms. The van der Waals surface area contributed by atoms with Crippen molar-refractivity contribution in [3.63, 3.8) is 0 Å². The van der Waals surface area contributed by atoms with E-state index in [2.05, 4.69) is 20.9 Å². The first-order valence-electron chi connectivity index (χ1n) is 5.30. The van der Waals surface area contributed by atoms with E-state index >= 15 is 0 Å². The zero-order valence-electron chi connectivity index (χ0n) is 9.99. The number of aromatic nitrogens is 1. The molecule has 0 aliphatic rings. The molecule has 2 rings (SSSR count). The van der Waals surface area contributed by atoms with Crippen molar-refractivity contribution in [1.82, 2.24) is 4.98 Å². The van der Waals surface area contributed by atoms with E-state index in [0.29, 0.717) is 10.2 Å². The summed E-state index contributed by atoms with van der Waals surface area (Å²) in [5, 5.41) is 9.40. The van der Waals surface area contributed by atoms with Crippen LogP contribution in [0.4, 0.5) is 5.69 Å². The summed E-state index contributed by atoms with van der Waals surface area (Å²) >= 11 is 3.19. The lowest BCUT2D eigenvalue weighted by Crippen LogP contribution is -2.26. The van der Waals surface area contributed by atoms with Crippen molar-refractivity contribution in [2.45, 2.75) is 4.90 Å². The quantitative estimate of drug-likeness (QED) is 0.929. The third kappa shape index (κ3) is 2.87. The Labute approximate surface area is 119 Å². The van der Waals surface area contributed by atoms with Gasteiger partial charge >= 0.3 is 0 Å². The van der Waals surface area contributed by atoms with Crippen LogP contribution in [0.5, 0.6) is 5.75 Å². The maximum atomic E-state index is 12.4. The molecule has 19 heavy (non-hydrogen) atoms. The fourth-order valence-corrected chi connectivity index (χ4v) is 3.21. The lowest BCUT2D eigenvalue weighted by Gasteiger charge is -2.19. The van der Waals surface area contributed by atoms with Gasteiger partial charge in [-0.25, -0.2) is 8.42 Å². The van der Waals surface area contributed by atoms with E-state index in [4.69, 9.17) is 0 Å². The van der Waals surface area contributed by atoms with Gasteiger partial charge in [0.05, 0.1) is 5.69 Å². The molecule has 0 aliphatic carbocycles. The fourth-order valence-electron chi connectivity index (χ4n) is 1.52. The summed E-state index contributed by atoms with van der Waals surface area (Å²) < 4.78 is 26.4. The Kier molecular flexibility index (Phi) is 3.77. The number of phenols is 1. The molecule has 0 saturated carbocycles. The molecule has 7 heteroatoms. The molecule has 1 heterocycles. The Morgan fingerprint density at radius 1 is 1.26 bits per heavy atom. The summed E-state index contributed by atoms with van der Waals surface area (Å²) in [5.74, 6) is 0.00640. The summed E-state index contributed by atoms with van der Waals surface area (Å²) in [5.41, 5.74) is 0.375. The molecule has 0 radical (unpaired) electrons. The average Bonchev–Trinajstić information content (AvgIpc) is 2.38. The van der Waals surface area contributed by atoms with Gasteiger partial charge in [-0.1, -0.05) is 6.07 Å². The van der Waals surface area contributed by atoms with Crippen LogP contribution in [0.2, 0.25) is 0 Å². The first-order valence-corrected chi connectivity index (χ1v) is 7.53. The predicted octanol–water partition coefficient (Wildman–Crippen LogP) is 2.37. The van der Waals surface area contributed by atoms with Crippen LogP contribution in [0.3, 0.4) is 0 Å². The zero-order valence-corrected chi connectivity index (χ0v) is 12.4. The van der Waals surface area contributed by atoms with Crippen LogP contribution in [-0.2, 0) is 10.0 Å². The molecule has 0 fully saturated rings. The van der Waals surface area contributed by atoms with Crippen LogP contribution in [0.25, 0.3) is 0 Å². The number of sulfonamides is 1. The SMILES string of the molecule is CN(c1cccc(O)c1)S(=O)(=O)c1cncc(Br)c1. The Hall–Kier alpha value is -1.60. The lowest BCUT2D eigenvalue weighted by atomic mass is 10.3. The Balaban J connectivity index is 2.45. The third-order valence-corrected chi connectivity index (χ3v) is 4.72. The van der Waals surface area contributed by atoms with E-state index in [1.807, 2.05) is 0 Å². The van der Waals surface area contributed by atoms with Crippen molar-refractivity contribution in [2.24, 2.45) is 0 Å². The number of rotatable bonds is 3. The van der Waals surface area contributed by atoms with Crippen LogP contribution in [-0.4, -0.2) is 25.6 Å². The van der Waals surface area contributed by atoms with Gasteiger partial charge in [0.25, 0.3) is 10.0 Å². The second kappa shape index (κ2) is 5.18. The molecule has 1 N–H and O–H groups in total. The molecule has 0 amide bonds. The molecule has 0 bridgehead atoms. The maximum absolute atomic E-state index is 12.4.